The molecule has 20 heavy (non-hydrogen) atoms. The first-order valence-electron chi connectivity index (χ1n) is 6.88. The second kappa shape index (κ2) is 10.4. The minimum atomic E-state index is -0.508. The Kier molecular flexibility index (Phi) is 8.62. The van der Waals surface area contributed by atoms with Crippen molar-refractivity contribution in [3.05, 3.63) is 35.9 Å². The zero-order chi connectivity index (χ0) is 14.6. The summed E-state index contributed by atoms with van der Waals surface area (Å²) in [6.45, 7) is 2.36. The minimum Gasteiger partial charge on any atom is -0.382 e. The van der Waals surface area contributed by atoms with E-state index >= 15 is 0 Å². The summed E-state index contributed by atoms with van der Waals surface area (Å²) >= 11 is 0. The Bertz CT molecular complexity index is 371. The van der Waals surface area contributed by atoms with Crippen molar-refractivity contribution in [1.29, 1.82) is 0 Å². The number of rotatable bonds is 10. The predicted molar refractivity (Wildman–Crippen MR) is 78.4 cm³/mol. The van der Waals surface area contributed by atoms with Gasteiger partial charge in [-0.2, -0.15) is 0 Å². The van der Waals surface area contributed by atoms with E-state index in [2.05, 4.69) is 5.32 Å². The summed E-state index contributed by atoms with van der Waals surface area (Å²) in [5, 5.41) is 2.82. The lowest BCUT2D eigenvalue weighted by Crippen LogP contribution is -2.42. The highest BCUT2D eigenvalue weighted by Crippen LogP contribution is 2.01. The lowest BCUT2D eigenvalue weighted by atomic mass is 10.1. The first kappa shape index (κ1) is 16.6. The molecule has 1 aromatic rings. The molecule has 0 radical (unpaired) electrons. The van der Waals surface area contributed by atoms with Crippen LogP contribution >= 0.6 is 0 Å². The first-order chi connectivity index (χ1) is 9.74. The third kappa shape index (κ3) is 7.23. The van der Waals surface area contributed by atoms with Crippen LogP contribution < -0.4 is 11.1 Å². The van der Waals surface area contributed by atoms with Gasteiger partial charge in [0.15, 0.2) is 0 Å². The second-order valence-electron chi connectivity index (χ2n) is 4.55. The van der Waals surface area contributed by atoms with E-state index < -0.39 is 6.04 Å². The van der Waals surface area contributed by atoms with Crippen LogP contribution in [0.3, 0.4) is 0 Å². The van der Waals surface area contributed by atoms with E-state index in [-0.39, 0.29) is 5.91 Å². The van der Waals surface area contributed by atoms with E-state index in [1.807, 2.05) is 30.3 Å². The molecular weight excluding hydrogens is 256 g/mol. The zero-order valence-electron chi connectivity index (χ0n) is 12.0. The Hall–Kier alpha value is -1.43. The summed E-state index contributed by atoms with van der Waals surface area (Å²) in [4.78, 5) is 11.8. The SMILES string of the molecule is COCCOCCCNC(=O)[C@H](N)Cc1ccccc1. The molecule has 1 atom stereocenters. The molecule has 0 bridgehead atoms. The van der Waals surface area contributed by atoms with Gasteiger partial charge in [-0.05, 0) is 18.4 Å². The molecule has 0 aliphatic carbocycles. The van der Waals surface area contributed by atoms with E-state index in [4.69, 9.17) is 15.2 Å². The van der Waals surface area contributed by atoms with Crippen molar-refractivity contribution >= 4 is 5.91 Å². The third-order valence-electron chi connectivity index (χ3n) is 2.83. The molecule has 0 saturated carbocycles. The van der Waals surface area contributed by atoms with Crippen molar-refractivity contribution in [1.82, 2.24) is 5.32 Å². The Morgan fingerprint density at radius 1 is 1.25 bits per heavy atom. The van der Waals surface area contributed by atoms with Crippen molar-refractivity contribution in [3.63, 3.8) is 0 Å². The highest BCUT2D eigenvalue weighted by Gasteiger charge is 2.12. The molecule has 1 aromatic carbocycles. The summed E-state index contributed by atoms with van der Waals surface area (Å²) < 4.78 is 10.2. The Balaban J connectivity index is 2.10. The molecule has 0 heterocycles. The maximum atomic E-state index is 11.8. The number of amides is 1. The van der Waals surface area contributed by atoms with Crippen LogP contribution in [-0.2, 0) is 20.7 Å². The van der Waals surface area contributed by atoms with Crippen molar-refractivity contribution in [2.24, 2.45) is 5.73 Å². The highest BCUT2D eigenvalue weighted by molar-refractivity contribution is 5.81. The largest absolute Gasteiger partial charge is 0.382 e. The maximum Gasteiger partial charge on any atom is 0.237 e. The van der Waals surface area contributed by atoms with Crippen LogP contribution in [0.2, 0.25) is 0 Å². The van der Waals surface area contributed by atoms with E-state index in [1.54, 1.807) is 7.11 Å². The van der Waals surface area contributed by atoms with Gasteiger partial charge in [-0.15, -0.1) is 0 Å². The molecule has 0 aromatic heterocycles. The topological polar surface area (TPSA) is 73.6 Å². The van der Waals surface area contributed by atoms with Crippen molar-refractivity contribution in [3.8, 4) is 0 Å². The van der Waals surface area contributed by atoms with Crippen LogP contribution in [0.4, 0.5) is 0 Å². The van der Waals surface area contributed by atoms with Gasteiger partial charge in [-0.3, -0.25) is 4.79 Å². The average Bonchev–Trinajstić information content (AvgIpc) is 2.47. The maximum absolute atomic E-state index is 11.8. The molecule has 5 heteroatoms. The third-order valence-corrected chi connectivity index (χ3v) is 2.83. The van der Waals surface area contributed by atoms with Crippen LogP contribution in [-0.4, -0.2) is 45.4 Å². The molecule has 0 fully saturated rings. The van der Waals surface area contributed by atoms with Crippen LogP contribution in [0.25, 0.3) is 0 Å². The quantitative estimate of drug-likeness (QED) is 0.620. The van der Waals surface area contributed by atoms with Gasteiger partial charge in [-0.1, -0.05) is 30.3 Å². The van der Waals surface area contributed by atoms with Crippen LogP contribution in [0.1, 0.15) is 12.0 Å². The van der Waals surface area contributed by atoms with Gasteiger partial charge in [0.05, 0.1) is 19.3 Å². The Morgan fingerprint density at radius 3 is 2.70 bits per heavy atom. The fraction of sp³-hybridized carbons (Fsp3) is 0.533. The molecular formula is C15H24N2O3. The van der Waals surface area contributed by atoms with Crippen LogP contribution in [0.15, 0.2) is 30.3 Å². The summed E-state index contributed by atoms with van der Waals surface area (Å²) in [5.74, 6) is -0.120. The molecule has 5 nitrogen and oxygen atoms in total. The van der Waals surface area contributed by atoms with Crippen molar-refractivity contribution in [2.45, 2.75) is 18.9 Å². The lowest BCUT2D eigenvalue weighted by Gasteiger charge is -2.12. The molecule has 0 aliphatic rings. The number of nitrogens with two attached hydrogens (primary N) is 1. The molecule has 0 spiro atoms. The summed E-state index contributed by atoms with van der Waals surface area (Å²) in [6, 6.07) is 9.26. The normalized spacial score (nSPS) is 12.1. The van der Waals surface area contributed by atoms with Crippen molar-refractivity contribution < 1.29 is 14.3 Å². The minimum absolute atomic E-state index is 0.120. The average molecular weight is 280 g/mol. The standard InChI is InChI=1S/C15H24N2O3/c1-19-10-11-20-9-5-8-17-15(18)14(16)12-13-6-3-2-4-7-13/h2-4,6-7,14H,5,8-12,16H2,1H3,(H,17,18)/t14-/m1/s1. The fourth-order valence-electron chi connectivity index (χ4n) is 1.72. The number of ether oxygens (including phenoxy) is 2. The zero-order valence-corrected chi connectivity index (χ0v) is 12.0. The highest BCUT2D eigenvalue weighted by atomic mass is 16.5. The van der Waals surface area contributed by atoms with Crippen molar-refractivity contribution in [2.75, 3.05) is 33.5 Å². The van der Waals surface area contributed by atoms with Gasteiger partial charge >= 0.3 is 0 Å². The van der Waals surface area contributed by atoms with E-state index in [0.717, 1.165) is 12.0 Å². The van der Waals surface area contributed by atoms with Gasteiger partial charge in [-0.25, -0.2) is 0 Å². The summed E-state index contributed by atoms with van der Waals surface area (Å²) in [6.07, 6.45) is 1.32. The lowest BCUT2D eigenvalue weighted by molar-refractivity contribution is -0.122. The number of hydrogen-bond acceptors (Lipinski definition) is 4. The number of hydrogen-bond donors (Lipinski definition) is 2. The van der Waals surface area contributed by atoms with Gasteiger partial charge in [0.25, 0.3) is 0 Å². The van der Waals surface area contributed by atoms with Crippen LogP contribution in [0.5, 0.6) is 0 Å². The number of benzene rings is 1. The second-order valence-corrected chi connectivity index (χ2v) is 4.55. The number of methoxy groups -OCH3 is 1. The van der Waals surface area contributed by atoms with Gasteiger partial charge in [0.2, 0.25) is 5.91 Å². The summed E-state index contributed by atoms with van der Waals surface area (Å²) in [7, 11) is 1.64. The molecule has 3 N–H and O–H groups in total. The number of carbonyl (C=O) groups is 1. The molecule has 112 valence electrons. The van der Waals surface area contributed by atoms with E-state index in [9.17, 15) is 4.79 Å². The molecule has 1 amide bonds. The number of nitrogens with one attached hydrogen (secondary N) is 1. The Labute approximate surface area is 120 Å². The smallest absolute Gasteiger partial charge is 0.237 e. The van der Waals surface area contributed by atoms with E-state index in [0.29, 0.717) is 32.8 Å². The summed E-state index contributed by atoms with van der Waals surface area (Å²) in [5.41, 5.74) is 6.94. The van der Waals surface area contributed by atoms with Gasteiger partial charge < -0.3 is 20.5 Å². The molecule has 0 unspecified atom stereocenters. The van der Waals surface area contributed by atoms with Gasteiger partial charge in [0, 0.05) is 20.3 Å². The fourth-order valence-corrected chi connectivity index (χ4v) is 1.72. The molecule has 1 rings (SSSR count). The van der Waals surface area contributed by atoms with Crippen LogP contribution in [0, 0.1) is 0 Å². The number of carbonyl (C=O) groups excluding carboxylic acids is 1. The monoisotopic (exact) mass is 280 g/mol. The van der Waals surface area contributed by atoms with E-state index in [1.165, 1.54) is 0 Å². The molecule has 0 saturated heterocycles. The Morgan fingerprint density at radius 2 is 2.00 bits per heavy atom. The van der Waals surface area contributed by atoms with Gasteiger partial charge in [0.1, 0.15) is 0 Å². The molecule has 0 aliphatic heterocycles. The predicted octanol–water partition coefficient (Wildman–Crippen LogP) is 0.726. The first-order valence-corrected chi connectivity index (χ1v) is 6.88.